The lowest BCUT2D eigenvalue weighted by atomic mass is 10.0. The number of nitrogens with zero attached hydrogens (tertiary/aromatic N) is 2. The molecule has 1 heterocycles. The van der Waals surface area contributed by atoms with Crippen molar-refractivity contribution in [2.75, 3.05) is 4.90 Å². The summed E-state index contributed by atoms with van der Waals surface area (Å²) in [5.74, 6) is 0. The number of hydrogen-bond acceptors (Lipinski definition) is 1. The molecule has 8 aromatic carbocycles. The van der Waals surface area contributed by atoms with Crippen LogP contribution in [0.25, 0.3) is 60.2 Å². The van der Waals surface area contributed by atoms with Gasteiger partial charge in [-0.15, -0.1) is 0 Å². The zero-order chi connectivity index (χ0) is 30.5. The Morgan fingerprint density at radius 1 is 0.348 bits per heavy atom. The van der Waals surface area contributed by atoms with E-state index in [2.05, 4.69) is 191 Å². The van der Waals surface area contributed by atoms with E-state index in [-0.39, 0.29) is 0 Å². The Balaban J connectivity index is 1.27. The Hall–Kier alpha value is -6.12. The summed E-state index contributed by atoms with van der Waals surface area (Å²) < 4.78 is 2.42. The topological polar surface area (TPSA) is 8.17 Å². The van der Waals surface area contributed by atoms with Crippen LogP contribution >= 0.6 is 0 Å². The molecule has 216 valence electrons. The Bertz CT molecular complexity index is 2530. The first-order valence-corrected chi connectivity index (χ1v) is 15.8. The molecule has 2 heteroatoms. The highest BCUT2D eigenvalue weighted by Gasteiger charge is 2.19. The Kier molecular flexibility index (Phi) is 6.17. The van der Waals surface area contributed by atoms with E-state index in [0.29, 0.717) is 0 Å². The summed E-state index contributed by atoms with van der Waals surface area (Å²) in [6, 6.07) is 65.7. The molecule has 1 aromatic heterocycles. The first-order valence-electron chi connectivity index (χ1n) is 15.8. The molecule has 0 bridgehead atoms. The van der Waals surface area contributed by atoms with Gasteiger partial charge in [0.15, 0.2) is 0 Å². The van der Waals surface area contributed by atoms with Gasteiger partial charge in [0, 0.05) is 38.9 Å². The van der Waals surface area contributed by atoms with Crippen molar-refractivity contribution in [3.05, 3.63) is 182 Å². The molecule has 2 nitrogen and oxygen atoms in total. The van der Waals surface area contributed by atoms with Gasteiger partial charge in [0.2, 0.25) is 0 Å². The molecule has 0 N–H and O–H groups in total. The third kappa shape index (κ3) is 4.35. The molecular formula is C44H30N2. The molecular weight excluding hydrogens is 556 g/mol. The van der Waals surface area contributed by atoms with Gasteiger partial charge in [-0.1, -0.05) is 121 Å². The predicted octanol–water partition coefficient (Wildman–Crippen LogP) is 12.2. The second kappa shape index (κ2) is 10.8. The SMILES string of the molecule is c1ccc(N(c2cccc(-c3ccc4ccccc4c3)c2)c2ccc3c(c2)c2ccc4ccccc4c2n3-c2ccccc2)cc1. The lowest BCUT2D eigenvalue weighted by Crippen LogP contribution is -2.09. The molecule has 0 saturated heterocycles. The zero-order valence-corrected chi connectivity index (χ0v) is 25.2. The molecule has 9 aromatic rings. The molecule has 0 amide bonds. The van der Waals surface area contributed by atoms with Gasteiger partial charge in [0.1, 0.15) is 0 Å². The van der Waals surface area contributed by atoms with E-state index in [1.165, 1.54) is 54.5 Å². The Morgan fingerprint density at radius 3 is 1.85 bits per heavy atom. The summed E-state index contributed by atoms with van der Waals surface area (Å²) in [6.45, 7) is 0. The van der Waals surface area contributed by atoms with E-state index < -0.39 is 0 Å². The van der Waals surface area contributed by atoms with Gasteiger partial charge < -0.3 is 9.47 Å². The normalized spacial score (nSPS) is 11.5. The van der Waals surface area contributed by atoms with Crippen LogP contribution in [0.2, 0.25) is 0 Å². The number of hydrogen-bond donors (Lipinski definition) is 0. The lowest BCUT2D eigenvalue weighted by Gasteiger charge is -2.26. The maximum absolute atomic E-state index is 2.42. The lowest BCUT2D eigenvalue weighted by molar-refractivity contribution is 1.18. The van der Waals surface area contributed by atoms with E-state index in [1.807, 2.05) is 0 Å². The highest BCUT2D eigenvalue weighted by Crippen LogP contribution is 2.42. The minimum Gasteiger partial charge on any atom is -0.310 e. The quantitative estimate of drug-likeness (QED) is 0.195. The van der Waals surface area contributed by atoms with Gasteiger partial charge >= 0.3 is 0 Å². The van der Waals surface area contributed by atoms with Gasteiger partial charge in [-0.25, -0.2) is 0 Å². The van der Waals surface area contributed by atoms with E-state index in [9.17, 15) is 0 Å². The third-order valence-electron chi connectivity index (χ3n) is 9.11. The summed E-state index contributed by atoms with van der Waals surface area (Å²) in [6.07, 6.45) is 0. The van der Waals surface area contributed by atoms with Gasteiger partial charge in [0.05, 0.1) is 11.0 Å². The van der Waals surface area contributed by atoms with Crippen molar-refractivity contribution in [1.29, 1.82) is 0 Å². The maximum Gasteiger partial charge on any atom is 0.0619 e. The predicted molar refractivity (Wildman–Crippen MR) is 196 cm³/mol. The summed E-state index contributed by atoms with van der Waals surface area (Å²) in [7, 11) is 0. The average molecular weight is 587 g/mol. The van der Waals surface area contributed by atoms with Crippen LogP contribution in [0.4, 0.5) is 17.1 Å². The molecule has 0 atom stereocenters. The van der Waals surface area contributed by atoms with Crippen LogP contribution in [0, 0.1) is 0 Å². The second-order valence-corrected chi connectivity index (χ2v) is 11.8. The van der Waals surface area contributed by atoms with E-state index >= 15 is 0 Å². The molecule has 0 aliphatic heterocycles. The van der Waals surface area contributed by atoms with Gasteiger partial charge in [-0.2, -0.15) is 0 Å². The highest BCUT2D eigenvalue weighted by molar-refractivity contribution is 6.19. The Morgan fingerprint density at radius 2 is 1.00 bits per heavy atom. The van der Waals surface area contributed by atoms with Crippen LogP contribution in [0.3, 0.4) is 0 Å². The molecule has 0 aliphatic rings. The summed E-state index contributed by atoms with van der Waals surface area (Å²) in [5.41, 5.74) is 9.35. The fraction of sp³-hybridized carbons (Fsp3) is 0. The van der Waals surface area contributed by atoms with E-state index in [4.69, 9.17) is 0 Å². The van der Waals surface area contributed by atoms with Crippen molar-refractivity contribution < 1.29 is 0 Å². The fourth-order valence-electron chi connectivity index (χ4n) is 6.97. The number of anilines is 3. The largest absolute Gasteiger partial charge is 0.310 e. The van der Waals surface area contributed by atoms with Gasteiger partial charge in [-0.05, 0) is 87.9 Å². The monoisotopic (exact) mass is 586 g/mol. The molecule has 0 aliphatic carbocycles. The fourth-order valence-corrected chi connectivity index (χ4v) is 6.97. The van der Waals surface area contributed by atoms with Crippen molar-refractivity contribution in [3.8, 4) is 16.8 Å². The molecule has 0 spiro atoms. The van der Waals surface area contributed by atoms with Crippen LogP contribution in [0.1, 0.15) is 0 Å². The van der Waals surface area contributed by atoms with Crippen LogP contribution in [0.5, 0.6) is 0 Å². The standard InChI is InChI=1S/C44H30N2/c1-3-16-36(17-4-1)45(38-20-11-15-34(29-38)35-23-22-31-12-7-8-14-33(31)28-35)39-25-27-43-42(30-39)41-26-24-32-13-9-10-21-40(32)44(41)46(43)37-18-5-2-6-19-37/h1-30H. The third-order valence-corrected chi connectivity index (χ3v) is 9.11. The number of para-hydroxylation sites is 2. The zero-order valence-electron chi connectivity index (χ0n) is 25.2. The van der Waals surface area contributed by atoms with Crippen LogP contribution in [0.15, 0.2) is 182 Å². The van der Waals surface area contributed by atoms with Crippen LogP contribution < -0.4 is 4.90 Å². The smallest absolute Gasteiger partial charge is 0.0619 e. The van der Waals surface area contributed by atoms with Crippen molar-refractivity contribution in [2.45, 2.75) is 0 Å². The molecule has 46 heavy (non-hydrogen) atoms. The maximum atomic E-state index is 2.42. The average Bonchev–Trinajstić information content (AvgIpc) is 3.47. The van der Waals surface area contributed by atoms with Crippen molar-refractivity contribution in [1.82, 2.24) is 4.57 Å². The van der Waals surface area contributed by atoms with Crippen LogP contribution in [-0.2, 0) is 0 Å². The highest BCUT2D eigenvalue weighted by atomic mass is 15.1. The first-order chi connectivity index (χ1) is 22.8. The minimum atomic E-state index is 1.12. The molecule has 0 fully saturated rings. The van der Waals surface area contributed by atoms with Crippen LogP contribution in [-0.4, -0.2) is 4.57 Å². The second-order valence-electron chi connectivity index (χ2n) is 11.8. The molecule has 0 saturated carbocycles. The summed E-state index contributed by atoms with van der Waals surface area (Å²) in [4.78, 5) is 2.37. The van der Waals surface area contributed by atoms with Gasteiger partial charge in [-0.3, -0.25) is 0 Å². The van der Waals surface area contributed by atoms with Crippen molar-refractivity contribution in [2.24, 2.45) is 0 Å². The van der Waals surface area contributed by atoms with Gasteiger partial charge in [0.25, 0.3) is 0 Å². The van der Waals surface area contributed by atoms with E-state index in [0.717, 1.165) is 22.7 Å². The first kappa shape index (κ1) is 26.3. The number of rotatable bonds is 5. The summed E-state index contributed by atoms with van der Waals surface area (Å²) >= 11 is 0. The molecule has 0 radical (unpaired) electrons. The number of aromatic nitrogens is 1. The number of benzene rings is 8. The molecule has 9 rings (SSSR count). The van der Waals surface area contributed by atoms with Crippen molar-refractivity contribution >= 4 is 60.4 Å². The Labute approximate surface area is 268 Å². The minimum absolute atomic E-state index is 1.12. The summed E-state index contributed by atoms with van der Waals surface area (Å²) in [5, 5.41) is 7.48. The van der Waals surface area contributed by atoms with E-state index in [1.54, 1.807) is 0 Å². The van der Waals surface area contributed by atoms with Crippen molar-refractivity contribution in [3.63, 3.8) is 0 Å². The number of fused-ring (bicyclic) bond motifs is 6. The molecule has 0 unspecified atom stereocenters.